The van der Waals surface area contributed by atoms with Crippen LogP contribution in [0.3, 0.4) is 0 Å². The minimum absolute atomic E-state index is 0.113. The highest BCUT2D eigenvalue weighted by atomic mass is 35.5. The van der Waals surface area contributed by atoms with Gasteiger partial charge in [-0.25, -0.2) is 0 Å². The quantitative estimate of drug-likeness (QED) is 0.139. The van der Waals surface area contributed by atoms with E-state index in [1.54, 1.807) is 24.4 Å². The van der Waals surface area contributed by atoms with E-state index < -0.39 is 0 Å². The molecule has 0 aliphatic carbocycles. The van der Waals surface area contributed by atoms with Gasteiger partial charge in [-0.05, 0) is 98.9 Å². The number of nitrogens with zero attached hydrogens (tertiary/aromatic N) is 4. The number of ether oxygens (including phenoxy) is 3. The summed E-state index contributed by atoms with van der Waals surface area (Å²) in [5, 5.41) is 19.5. The summed E-state index contributed by atoms with van der Waals surface area (Å²) in [6, 6.07) is 19.6. The van der Waals surface area contributed by atoms with Gasteiger partial charge in [0.05, 0.1) is 28.9 Å². The van der Waals surface area contributed by atoms with Crippen molar-refractivity contribution in [3.05, 3.63) is 105 Å². The van der Waals surface area contributed by atoms with Crippen LogP contribution in [0.2, 0.25) is 5.02 Å². The van der Waals surface area contributed by atoms with Crippen molar-refractivity contribution in [3.63, 3.8) is 0 Å². The molecule has 2 aliphatic heterocycles. The van der Waals surface area contributed by atoms with Gasteiger partial charge in [-0.15, -0.1) is 0 Å². The van der Waals surface area contributed by atoms with E-state index >= 15 is 0 Å². The average Bonchev–Trinajstić information content (AvgIpc) is 3.58. The number of hydrogen-bond acceptors (Lipinski definition) is 8. The Bertz CT molecular complexity index is 1930. The molecule has 2 atom stereocenters. The number of pyridine rings is 1. The van der Waals surface area contributed by atoms with Crippen LogP contribution in [0.1, 0.15) is 77.2 Å². The van der Waals surface area contributed by atoms with Gasteiger partial charge in [-0.2, -0.15) is 5.26 Å². The maximum atomic E-state index is 13.9. The molecular formula is C42H47ClN4O5. The molecule has 3 aromatic carbocycles. The Morgan fingerprint density at radius 3 is 2.50 bits per heavy atom. The number of carbonyl (C=O) groups is 1. The fourth-order valence-corrected chi connectivity index (χ4v) is 7.33. The smallest absolute Gasteiger partial charge is 0.257 e. The molecule has 9 nitrogen and oxygen atoms in total. The summed E-state index contributed by atoms with van der Waals surface area (Å²) in [6.45, 7) is 10.5. The summed E-state index contributed by atoms with van der Waals surface area (Å²) >= 11 is 6.82. The number of carbonyl (C=O) groups excluding carboxylic acids is 1. The molecule has 0 radical (unpaired) electrons. The van der Waals surface area contributed by atoms with Gasteiger partial charge in [0, 0.05) is 56.2 Å². The normalized spacial score (nSPS) is 17.5. The van der Waals surface area contributed by atoms with Crippen molar-refractivity contribution in [1.82, 2.24) is 14.8 Å². The monoisotopic (exact) mass is 722 g/mol. The number of aliphatic hydroxyl groups is 1. The molecule has 6 rings (SSSR count). The van der Waals surface area contributed by atoms with Crippen molar-refractivity contribution >= 4 is 17.5 Å². The standard InChI is InChI=1S/C42H47ClN4O5/c1-28-9-4-5-16-47(28)42(49)37-20-38(43)41(21-40(37)51-26-32-19-31(22-44)23-45-24-32)52-27-33-10-6-11-35(29(33)2)36-12-7-13-39(30(36)3)50-18-8-15-46-17-14-34(48)25-46/h6-7,10-13,19-21,23-24,28,34,48H,4-5,8-9,14-18,25-27H2,1-3H3/t28-,34-/m1/s1. The van der Waals surface area contributed by atoms with Crippen molar-refractivity contribution in [2.75, 3.05) is 32.8 Å². The Morgan fingerprint density at radius 1 is 0.942 bits per heavy atom. The van der Waals surface area contributed by atoms with E-state index in [-0.39, 0.29) is 31.3 Å². The number of piperidine rings is 1. The van der Waals surface area contributed by atoms with Gasteiger partial charge in [0.25, 0.3) is 5.91 Å². The van der Waals surface area contributed by atoms with E-state index in [0.717, 1.165) is 85.3 Å². The predicted molar refractivity (Wildman–Crippen MR) is 202 cm³/mol. The number of β-amino-alcohol motifs (C(OH)–C–C–N with tert-alkyl or cyclic N) is 1. The maximum absolute atomic E-state index is 13.9. The van der Waals surface area contributed by atoms with Crippen LogP contribution in [0.15, 0.2) is 67.0 Å². The van der Waals surface area contributed by atoms with Gasteiger partial charge in [0.1, 0.15) is 36.5 Å². The first-order valence-electron chi connectivity index (χ1n) is 18.2. The molecule has 52 heavy (non-hydrogen) atoms. The second kappa shape index (κ2) is 17.3. The number of nitriles is 1. The molecular weight excluding hydrogens is 676 g/mol. The average molecular weight is 723 g/mol. The van der Waals surface area contributed by atoms with Crippen LogP contribution in [-0.2, 0) is 13.2 Å². The van der Waals surface area contributed by atoms with Crippen LogP contribution >= 0.6 is 11.6 Å². The topological polar surface area (TPSA) is 108 Å². The fraction of sp³-hybridized carbons (Fsp3) is 0.405. The molecule has 2 aliphatic rings. The zero-order valence-corrected chi connectivity index (χ0v) is 31.0. The highest BCUT2D eigenvalue weighted by Gasteiger charge is 2.28. The largest absolute Gasteiger partial charge is 0.493 e. The highest BCUT2D eigenvalue weighted by molar-refractivity contribution is 6.32. The molecule has 0 bridgehead atoms. The van der Waals surface area contributed by atoms with Gasteiger partial charge in [-0.3, -0.25) is 9.78 Å². The third-order valence-corrected chi connectivity index (χ3v) is 10.5. The van der Waals surface area contributed by atoms with Crippen LogP contribution in [0.5, 0.6) is 17.2 Å². The van der Waals surface area contributed by atoms with Crippen molar-refractivity contribution in [2.45, 2.75) is 78.2 Å². The molecule has 4 aromatic rings. The molecule has 2 saturated heterocycles. The molecule has 2 fully saturated rings. The Hall–Kier alpha value is -4.62. The first-order valence-corrected chi connectivity index (χ1v) is 18.6. The molecule has 272 valence electrons. The lowest BCUT2D eigenvalue weighted by Crippen LogP contribution is -2.42. The Labute approximate surface area is 311 Å². The van der Waals surface area contributed by atoms with Crippen LogP contribution in [0.4, 0.5) is 0 Å². The number of amides is 1. The Morgan fingerprint density at radius 2 is 1.73 bits per heavy atom. The summed E-state index contributed by atoms with van der Waals surface area (Å²) < 4.78 is 18.8. The van der Waals surface area contributed by atoms with E-state index in [4.69, 9.17) is 25.8 Å². The first kappa shape index (κ1) is 37.1. The maximum Gasteiger partial charge on any atom is 0.257 e. The van der Waals surface area contributed by atoms with Crippen LogP contribution < -0.4 is 14.2 Å². The summed E-state index contributed by atoms with van der Waals surface area (Å²) in [7, 11) is 0. The number of hydrogen-bond donors (Lipinski definition) is 1. The van der Waals surface area contributed by atoms with Gasteiger partial charge >= 0.3 is 0 Å². The molecule has 1 aromatic heterocycles. The second-order valence-electron chi connectivity index (χ2n) is 13.9. The third-order valence-electron chi connectivity index (χ3n) is 10.2. The molecule has 3 heterocycles. The molecule has 1 N–H and O–H groups in total. The third kappa shape index (κ3) is 8.87. The van der Waals surface area contributed by atoms with Crippen LogP contribution in [-0.4, -0.2) is 70.7 Å². The molecule has 1 amide bonds. The number of benzene rings is 3. The summed E-state index contributed by atoms with van der Waals surface area (Å²) in [4.78, 5) is 22.2. The lowest BCUT2D eigenvalue weighted by molar-refractivity contribution is 0.0630. The molecule has 0 spiro atoms. The van der Waals surface area contributed by atoms with Crippen molar-refractivity contribution in [2.24, 2.45) is 0 Å². The summed E-state index contributed by atoms with van der Waals surface area (Å²) in [6.07, 6.45) is 7.67. The number of halogens is 1. The Balaban J connectivity index is 1.19. The summed E-state index contributed by atoms with van der Waals surface area (Å²) in [5.74, 6) is 1.50. The van der Waals surface area contributed by atoms with E-state index in [1.165, 1.54) is 6.20 Å². The Kier molecular flexibility index (Phi) is 12.3. The zero-order chi connectivity index (χ0) is 36.6. The van der Waals surface area contributed by atoms with E-state index in [9.17, 15) is 15.2 Å². The molecule has 0 unspecified atom stereocenters. The minimum atomic E-state index is -0.208. The number of rotatable bonds is 13. The fourth-order valence-electron chi connectivity index (χ4n) is 7.11. The van der Waals surface area contributed by atoms with Crippen molar-refractivity contribution in [1.29, 1.82) is 5.26 Å². The minimum Gasteiger partial charge on any atom is -0.493 e. The number of aromatic nitrogens is 1. The van der Waals surface area contributed by atoms with Gasteiger partial charge in [0.15, 0.2) is 0 Å². The van der Waals surface area contributed by atoms with Crippen LogP contribution in [0, 0.1) is 25.2 Å². The predicted octanol–water partition coefficient (Wildman–Crippen LogP) is 7.90. The number of likely N-dealkylation sites (tertiary alicyclic amines) is 2. The number of aliphatic hydroxyl groups excluding tert-OH is 1. The zero-order valence-electron chi connectivity index (χ0n) is 30.2. The summed E-state index contributed by atoms with van der Waals surface area (Å²) in [5.41, 5.74) is 6.86. The molecule has 10 heteroatoms. The van der Waals surface area contributed by atoms with Crippen LogP contribution in [0.25, 0.3) is 11.1 Å². The van der Waals surface area contributed by atoms with Gasteiger partial charge in [0.2, 0.25) is 0 Å². The van der Waals surface area contributed by atoms with Crippen molar-refractivity contribution < 1.29 is 24.1 Å². The lowest BCUT2D eigenvalue weighted by Gasteiger charge is -2.34. The van der Waals surface area contributed by atoms with Crippen molar-refractivity contribution in [3.8, 4) is 34.4 Å². The van der Waals surface area contributed by atoms with E-state index in [2.05, 4.69) is 48.9 Å². The SMILES string of the molecule is Cc1c(COc2cc(OCc3cncc(C#N)c3)c(C(=O)N3CCCC[C@H]3C)cc2Cl)cccc1-c1cccc(OCCCN2CC[C@@H](O)C2)c1C. The van der Waals surface area contributed by atoms with Gasteiger partial charge in [-0.1, -0.05) is 41.9 Å². The lowest BCUT2D eigenvalue weighted by atomic mass is 9.93. The first-order chi connectivity index (χ1) is 25.2. The second-order valence-corrected chi connectivity index (χ2v) is 14.3. The van der Waals surface area contributed by atoms with E-state index in [1.807, 2.05) is 29.2 Å². The van der Waals surface area contributed by atoms with E-state index in [0.29, 0.717) is 46.4 Å². The van der Waals surface area contributed by atoms with Gasteiger partial charge < -0.3 is 29.1 Å². The highest BCUT2D eigenvalue weighted by Crippen LogP contribution is 2.37. The molecule has 0 saturated carbocycles.